The second kappa shape index (κ2) is 8.85. The lowest BCUT2D eigenvalue weighted by Gasteiger charge is -2.12. The Bertz CT molecular complexity index is 1330. The van der Waals surface area contributed by atoms with Crippen LogP contribution >= 0.6 is 0 Å². The summed E-state index contributed by atoms with van der Waals surface area (Å²) in [5.74, 6) is 2.25. The Hall–Kier alpha value is -4.26. The maximum Gasteiger partial charge on any atom is 0.179 e. The van der Waals surface area contributed by atoms with Crippen LogP contribution in [0.4, 0.5) is 0 Å². The molecule has 0 amide bonds. The Morgan fingerprint density at radius 2 is 1.72 bits per heavy atom. The van der Waals surface area contributed by atoms with E-state index in [0.29, 0.717) is 19.0 Å². The van der Waals surface area contributed by atoms with E-state index < -0.39 is 0 Å². The van der Waals surface area contributed by atoms with Gasteiger partial charge in [-0.2, -0.15) is 0 Å². The van der Waals surface area contributed by atoms with E-state index in [4.69, 9.17) is 9.47 Å². The molecular weight excluding hydrogens is 402 g/mol. The minimum atomic E-state index is 0.414. The van der Waals surface area contributed by atoms with E-state index in [9.17, 15) is 0 Å². The SMILES string of the molecule is Cc1cc(OCc2ccc3ccccc3n2)ccc1OCc1ccc(-c2nnn[nH]2)cc1. The zero-order valence-corrected chi connectivity index (χ0v) is 17.5. The molecule has 3 aromatic carbocycles. The Morgan fingerprint density at radius 1 is 0.844 bits per heavy atom. The van der Waals surface area contributed by atoms with Crippen LogP contribution < -0.4 is 9.47 Å². The summed E-state index contributed by atoms with van der Waals surface area (Å²) in [4.78, 5) is 4.65. The number of H-pyrrole nitrogens is 1. The van der Waals surface area contributed by atoms with E-state index in [1.807, 2.05) is 73.7 Å². The van der Waals surface area contributed by atoms with Crippen LogP contribution in [0.15, 0.2) is 78.9 Å². The van der Waals surface area contributed by atoms with Gasteiger partial charge >= 0.3 is 0 Å². The minimum absolute atomic E-state index is 0.414. The number of nitrogens with one attached hydrogen (secondary N) is 1. The predicted molar refractivity (Wildman–Crippen MR) is 121 cm³/mol. The monoisotopic (exact) mass is 423 g/mol. The van der Waals surface area contributed by atoms with Crippen LogP contribution in [0.2, 0.25) is 0 Å². The fourth-order valence-corrected chi connectivity index (χ4v) is 3.42. The lowest BCUT2D eigenvalue weighted by Crippen LogP contribution is -2.00. The molecule has 1 N–H and O–H groups in total. The molecule has 0 fully saturated rings. The Kier molecular flexibility index (Phi) is 5.45. The fourth-order valence-electron chi connectivity index (χ4n) is 3.42. The third kappa shape index (κ3) is 4.41. The van der Waals surface area contributed by atoms with Crippen LogP contribution in [-0.4, -0.2) is 25.6 Å². The third-order valence-corrected chi connectivity index (χ3v) is 5.16. The molecule has 0 atom stereocenters. The molecule has 0 saturated carbocycles. The standard InChI is InChI=1S/C25H21N5O2/c1-17-14-22(31-16-21-11-10-19-4-2-3-5-23(19)26-21)12-13-24(17)32-15-18-6-8-20(9-7-18)25-27-29-30-28-25/h2-14H,15-16H2,1H3,(H,27,28,29,30). The van der Waals surface area contributed by atoms with Gasteiger partial charge in [0.15, 0.2) is 5.82 Å². The van der Waals surface area contributed by atoms with Crippen LogP contribution in [-0.2, 0) is 13.2 Å². The summed E-state index contributed by atoms with van der Waals surface area (Å²) in [6, 6.07) is 25.9. The van der Waals surface area contributed by atoms with Crippen LogP contribution in [0.3, 0.4) is 0 Å². The van der Waals surface area contributed by atoms with Crippen molar-refractivity contribution in [2.24, 2.45) is 0 Å². The lowest BCUT2D eigenvalue weighted by molar-refractivity contribution is 0.293. The van der Waals surface area contributed by atoms with Crippen LogP contribution in [0.5, 0.6) is 11.5 Å². The normalized spacial score (nSPS) is 10.9. The first-order chi connectivity index (χ1) is 15.7. The van der Waals surface area contributed by atoms with Gasteiger partial charge in [-0.05, 0) is 58.8 Å². The minimum Gasteiger partial charge on any atom is -0.489 e. The molecule has 2 aromatic heterocycles. The Balaban J connectivity index is 1.19. The summed E-state index contributed by atoms with van der Waals surface area (Å²) in [6.45, 7) is 2.89. The molecule has 7 heteroatoms. The zero-order valence-electron chi connectivity index (χ0n) is 17.5. The van der Waals surface area contributed by atoms with Crippen LogP contribution in [0.25, 0.3) is 22.3 Å². The molecule has 158 valence electrons. The van der Waals surface area contributed by atoms with Crippen molar-refractivity contribution in [2.75, 3.05) is 0 Å². The van der Waals surface area contributed by atoms with Gasteiger partial charge < -0.3 is 9.47 Å². The average Bonchev–Trinajstić information content (AvgIpc) is 3.37. The molecule has 5 rings (SSSR count). The summed E-state index contributed by atoms with van der Waals surface area (Å²) in [5, 5.41) is 15.0. The highest BCUT2D eigenvalue weighted by molar-refractivity contribution is 5.78. The van der Waals surface area contributed by atoms with Crippen molar-refractivity contribution in [3.63, 3.8) is 0 Å². The van der Waals surface area contributed by atoms with Gasteiger partial charge in [0.05, 0.1) is 11.2 Å². The zero-order chi connectivity index (χ0) is 21.8. The van der Waals surface area contributed by atoms with Gasteiger partial charge in [-0.15, -0.1) is 5.10 Å². The molecule has 7 nitrogen and oxygen atoms in total. The molecule has 0 aliphatic carbocycles. The number of fused-ring (bicyclic) bond motifs is 1. The number of pyridine rings is 1. The highest BCUT2D eigenvalue weighted by Crippen LogP contribution is 2.25. The summed E-state index contributed by atoms with van der Waals surface area (Å²) in [7, 11) is 0. The molecule has 32 heavy (non-hydrogen) atoms. The van der Waals surface area contributed by atoms with E-state index in [1.165, 1.54) is 0 Å². The lowest BCUT2D eigenvalue weighted by atomic mass is 10.1. The molecule has 0 unspecified atom stereocenters. The second-order valence-corrected chi connectivity index (χ2v) is 7.45. The molecule has 0 spiro atoms. The summed E-state index contributed by atoms with van der Waals surface area (Å²) in [5.41, 5.74) is 4.87. The van der Waals surface area contributed by atoms with Gasteiger partial charge in [-0.25, -0.2) is 10.1 Å². The van der Waals surface area contributed by atoms with Gasteiger partial charge in [0, 0.05) is 10.9 Å². The van der Waals surface area contributed by atoms with Crippen molar-refractivity contribution in [1.82, 2.24) is 25.6 Å². The summed E-state index contributed by atoms with van der Waals surface area (Å²) >= 11 is 0. The van der Waals surface area contributed by atoms with Crippen LogP contribution in [0.1, 0.15) is 16.8 Å². The van der Waals surface area contributed by atoms with Crippen molar-refractivity contribution in [3.05, 3.63) is 95.7 Å². The maximum absolute atomic E-state index is 6.00. The molecule has 0 aliphatic heterocycles. The number of ether oxygens (including phenoxy) is 2. The van der Waals surface area contributed by atoms with Crippen molar-refractivity contribution >= 4 is 10.9 Å². The number of aromatic nitrogens is 5. The van der Waals surface area contributed by atoms with E-state index in [0.717, 1.165) is 44.8 Å². The summed E-state index contributed by atoms with van der Waals surface area (Å²) in [6.07, 6.45) is 0. The first kappa shape index (κ1) is 19.7. The van der Waals surface area contributed by atoms with Gasteiger partial charge in [0.2, 0.25) is 0 Å². The van der Waals surface area contributed by atoms with E-state index in [-0.39, 0.29) is 0 Å². The van der Waals surface area contributed by atoms with E-state index >= 15 is 0 Å². The first-order valence-electron chi connectivity index (χ1n) is 10.3. The molecule has 2 heterocycles. The predicted octanol–water partition coefficient (Wildman–Crippen LogP) is 4.88. The molecular formula is C25H21N5O2. The van der Waals surface area contributed by atoms with Crippen molar-refractivity contribution in [1.29, 1.82) is 0 Å². The largest absolute Gasteiger partial charge is 0.489 e. The first-order valence-corrected chi connectivity index (χ1v) is 10.3. The van der Waals surface area contributed by atoms with Gasteiger partial charge in [0.1, 0.15) is 24.7 Å². The topological polar surface area (TPSA) is 85.8 Å². The average molecular weight is 423 g/mol. The fraction of sp³-hybridized carbons (Fsp3) is 0.120. The number of para-hydroxylation sites is 1. The third-order valence-electron chi connectivity index (χ3n) is 5.16. The smallest absolute Gasteiger partial charge is 0.179 e. The van der Waals surface area contributed by atoms with Crippen molar-refractivity contribution in [2.45, 2.75) is 20.1 Å². The maximum atomic E-state index is 6.00. The molecule has 0 aliphatic rings. The van der Waals surface area contributed by atoms with Gasteiger partial charge in [0.25, 0.3) is 0 Å². The highest BCUT2D eigenvalue weighted by atomic mass is 16.5. The van der Waals surface area contributed by atoms with Crippen LogP contribution in [0, 0.1) is 6.92 Å². The quantitative estimate of drug-likeness (QED) is 0.401. The molecule has 0 bridgehead atoms. The van der Waals surface area contributed by atoms with E-state index in [1.54, 1.807) is 0 Å². The molecule has 0 radical (unpaired) electrons. The number of hydrogen-bond donors (Lipinski definition) is 1. The van der Waals surface area contributed by atoms with Crippen molar-refractivity contribution < 1.29 is 9.47 Å². The summed E-state index contributed by atoms with van der Waals surface area (Å²) < 4.78 is 12.0. The Morgan fingerprint density at radius 3 is 2.53 bits per heavy atom. The number of tetrazole rings is 1. The van der Waals surface area contributed by atoms with Gasteiger partial charge in [-0.3, -0.25) is 0 Å². The number of aromatic amines is 1. The number of rotatable bonds is 7. The second-order valence-electron chi connectivity index (χ2n) is 7.45. The van der Waals surface area contributed by atoms with E-state index in [2.05, 4.69) is 37.7 Å². The van der Waals surface area contributed by atoms with Crippen molar-refractivity contribution in [3.8, 4) is 22.9 Å². The van der Waals surface area contributed by atoms with Gasteiger partial charge in [-0.1, -0.05) is 48.5 Å². The number of aryl methyl sites for hydroxylation is 1. The molecule has 5 aromatic rings. The number of benzene rings is 3. The Labute approximate surface area is 185 Å². The highest BCUT2D eigenvalue weighted by Gasteiger charge is 2.06. The number of hydrogen-bond acceptors (Lipinski definition) is 6. The number of nitrogens with zero attached hydrogens (tertiary/aromatic N) is 4. The molecule has 0 saturated heterocycles.